The third kappa shape index (κ3) is 3.61. The summed E-state index contributed by atoms with van der Waals surface area (Å²) in [6.45, 7) is 0.162. The monoisotopic (exact) mass is 325 g/mol. The van der Waals surface area contributed by atoms with E-state index in [9.17, 15) is 9.90 Å². The van der Waals surface area contributed by atoms with Gasteiger partial charge in [0.05, 0.1) is 6.10 Å². The van der Waals surface area contributed by atoms with Crippen LogP contribution in [0.25, 0.3) is 11.1 Å². The average Bonchev–Trinajstić information content (AvgIpc) is 3.15. The third-order valence-electron chi connectivity index (χ3n) is 3.43. The van der Waals surface area contributed by atoms with Crippen molar-refractivity contribution >= 4 is 17.2 Å². The molecule has 3 rings (SSSR count). The molecule has 1 atom stereocenters. The number of aliphatic hydroxyl groups is 1. The van der Waals surface area contributed by atoms with Crippen LogP contribution < -0.4 is 5.32 Å². The summed E-state index contributed by atoms with van der Waals surface area (Å²) in [5.74, 6) is -0.237. The molecule has 116 valence electrons. The fraction of sp³-hybridized carbons (Fsp3) is 0.118. The number of thiophene rings is 1. The second-order valence-corrected chi connectivity index (χ2v) is 5.74. The number of aromatic nitrogens is 2. The predicted molar refractivity (Wildman–Crippen MR) is 89.1 cm³/mol. The molecule has 2 N–H and O–H groups in total. The summed E-state index contributed by atoms with van der Waals surface area (Å²) in [5, 5.41) is 16.6. The van der Waals surface area contributed by atoms with Crippen molar-refractivity contribution in [2.75, 3.05) is 6.54 Å². The highest BCUT2D eigenvalue weighted by Gasteiger charge is 2.15. The smallest absolute Gasteiger partial charge is 0.252 e. The number of rotatable bonds is 5. The lowest BCUT2D eigenvalue weighted by Crippen LogP contribution is -2.28. The quantitative estimate of drug-likeness (QED) is 0.756. The van der Waals surface area contributed by atoms with Crippen LogP contribution in [0.15, 0.2) is 59.8 Å². The molecule has 0 unspecified atom stereocenters. The van der Waals surface area contributed by atoms with Crippen LogP contribution in [-0.4, -0.2) is 27.5 Å². The Balaban J connectivity index is 1.75. The van der Waals surface area contributed by atoms with Crippen molar-refractivity contribution in [2.45, 2.75) is 6.10 Å². The Hall–Kier alpha value is -2.57. The highest BCUT2D eigenvalue weighted by Crippen LogP contribution is 2.22. The molecule has 0 fully saturated rings. The molecule has 23 heavy (non-hydrogen) atoms. The van der Waals surface area contributed by atoms with Crippen molar-refractivity contribution in [3.8, 4) is 11.1 Å². The summed E-state index contributed by atoms with van der Waals surface area (Å²) < 4.78 is 0. The van der Waals surface area contributed by atoms with Gasteiger partial charge < -0.3 is 10.4 Å². The number of benzene rings is 1. The van der Waals surface area contributed by atoms with Gasteiger partial charge in [0.25, 0.3) is 5.91 Å². The van der Waals surface area contributed by atoms with E-state index in [1.807, 2.05) is 29.0 Å². The number of nitrogens with one attached hydrogen (secondary N) is 1. The van der Waals surface area contributed by atoms with Crippen LogP contribution in [0.1, 0.15) is 22.0 Å². The largest absolute Gasteiger partial charge is 0.387 e. The standard InChI is InChI=1S/C17H15N3O2S/c21-16(12-5-6-23-10-12)9-20-17(22)15-4-2-1-3-14(15)13-7-18-11-19-8-13/h1-8,10-11,16,21H,9H2,(H,20,22)/t16-/m0/s1. The molecule has 6 heteroatoms. The molecule has 0 aliphatic rings. The van der Waals surface area contributed by atoms with Gasteiger partial charge >= 0.3 is 0 Å². The number of aliphatic hydroxyl groups excluding tert-OH is 1. The Morgan fingerprint density at radius 1 is 1.22 bits per heavy atom. The van der Waals surface area contributed by atoms with E-state index in [1.54, 1.807) is 24.5 Å². The van der Waals surface area contributed by atoms with Crippen molar-refractivity contribution in [3.05, 3.63) is 70.9 Å². The lowest BCUT2D eigenvalue weighted by atomic mass is 10.0. The molecule has 0 saturated heterocycles. The van der Waals surface area contributed by atoms with E-state index in [0.717, 1.165) is 16.7 Å². The van der Waals surface area contributed by atoms with E-state index in [-0.39, 0.29) is 12.5 Å². The van der Waals surface area contributed by atoms with Crippen LogP contribution in [0, 0.1) is 0 Å². The van der Waals surface area contributed by atoms with E-state index >= 15 is 0 Å². The lowest BCUT2D eigenvalue weighted by Gasteiger charge is -2.13. The first-order chi connectivity index (χ1) is 11.3. The van der Waals surface area contributed by atoms with Crippen LogP contribution in [0.4, 0.5) is 0 Å². The van der Waals surface area contributed by atoms with E-state index in [1.165, 1.54) is 17.7 Å². The topological polar surface area (TPSA) is 75.1 Å². The second kappa shape index (κ2) is 7.13. The Kier molecular flexibility index (Phi) is 4.75. The second-order valence-electron chi connectivity index (χ2n) is 4.96. The van der Waals surface area contributed by atoms with Gasteiger partial charge in [-0.25, -0.2) is 9.97 Å². The number of carbonyl (C=O) groups excluding carboxylic acids is 1. The number of nitrogens with zero attached hydrogens (tertiary/aromatic N) is 2. The van der Waals surface area contributed by atoms with Crippen LogP contribution in [0.3, 0.4) is 0 Å². The minimum Gasteiger partial charge on any atom is -0.387 e. The van der Waals surface area contributed by atoms with Gasteiger partial charge in [-0.3, -0.25) is 4.79 Å². The van der Waals surface area contributed by atoms with Gasteiger partial charge in [0.2, 0.25) is 0 Å². The molecule has 1 amide bonds. The van der Waals surface area contributed by atoms with Gasteiger partial charge in [-0.05, 0) is 34.0 Å². The zero-order valence-electron chi connectivity index (χ0n) is 12.2. The molecule has 0 saturated carbocycles. The molecule has 1 aromatic carbocycles. The molecule has 0 radical (unpaired) electrons. The van der Waals surface area contributed by atoms with Crippen molar-refractivity contribution < 1.29 is 9.90 Å². The van der Waals surface area contributed by atoms with Crippen LogP contribution in [0.5, 0.6) is 0 Å². The number of hydrogen-bond acceptors (Lipinski definition) is 5. The van der Waals surface area contributed by atoms with Crippen molar-refractivity contribution in [3.63, 3.8) is 0 Å². The first-order valence-electron chi connectivity index (χ1n) is 7.08. The Bertz CT molecular complexity index is 776. The normalized spacial score (nSPS) is 11.9. The molecule has 0 aliphatic carbocycles. The summed E-state index contributed by atoms with van der Waals surface area (Å²) in [4.78, 5) is 20.4. The van der Waals surface area contributed by atoms with E-state index in [2.05, 4.69) is 15.3 Å². The highest BCUT2D eigenvalue weighted by atomic mass is 32.1. The molecule has 3 aromatic rings. The molecular weight excluding hydrogens is 310 g/mol. The molecule has 5 nitrogen and oxygen atoms in total. The maximum Gasteiger partial charge on any atom is 0.252 e. The predicted octanol–water partition coefficient (Wildman–Crippen LogP) is 2.67. The third-order valence-corrected chi connectivity index (χ3v) is 4.13. The zero-order chi connectivity index (χ0) is 16.1. The SMILES string of the molecule is O=C(NC[C@H](O)c1ccsc1)c1ccccc1-c1cncnc1. The van der Waals surface area contributed by atoms with E-state index in [4.69, 9.17) is 0 Å². The minimum atomic E-state index is -0.711. The van der Waals surface area contributed by atoms with Crippen molar-refractivity contribution in [1.29, 1.82) is 0 Å². The molecule has 2 aromatic heterocycles. The van der Waals surface area contributed by atoms with Crippen molar-refractivity contribution in [2.24, 2.45) is 0 Å². The summed E-state index contributed by atoms with van der Waals surface area (Å²) in [6, 6.07) is 9.10. The van der Waals surface area contributed by atoms with E-state index < -0.39 is 6.10 Å². The number of hydrogen-bond donors (Lipinski definition) is 2. The van der Waals surface area contributed by atoms with E-state index in [0.29, 0.717) is 5.56 Å². The zero-order valence-corrected chi connectivity index (χ0v) is 13.0. The number of amides is 1. The number of carbonyl (C=O) groups is 1. The average molecular weight is 325 g/mol. The fourth-order valence-electron chi connectivity index (χ4n) is 2.24. The fourth-order valence-corrected chi connectivity index (χ4v) is 2.95. The maximum atomic E-state index is 12.5. The molecule has 0 bridgehead atoms. The van der Waals surface area contributed by atoms with Gasteiger partial charge in [0, 0.05) is 30.1 Å². The summed E-state index contributed by atoms with van der Waals surface area (Å²) in [5.41, 5.74) is 2.87. The summed E-state index contributed by atoms with van der Waals surface area (Å²) in [7, 11) is 0. The molecule has 0 spiro atoms. The first kappa shape index (κ1) is 15.3. The Morgan fingerprint density at radius 3 is 2.74 bits per heavy atom. The van der Waals surface area contributed by atoms with Gasteiger partial charge in [-0.2, -0.15) is 11.3 Å². The van der Waals surface area contributed by atoms with Gasteiger partial charge in [0.1, 0.15) is 6.33 Å². The molecule has 2 heterocycles. The van der Waals surface area contributed by atoms with Crippen LogP contribution in [0.2, 0.25) is 0 Å². The summed E-state index contributed by atoms with van der Waals surface area (Å²) in [6.07, 6.45) is 4.07. The first-order valence-corrected chi connectivity index (χ1v) is 8.03. The van der Waals surface area contributed by atoms with Gasteiger partial charge in [0.15, 0.2) is 0 Å². The molecular formula is C17H15N3O2S. The minimum absolute atomic E-state index is 0.162. The van der Waals surface area contributed by atoms with Crippen molar-refractivity contribution in [1.82, 2.24) is 15.3 Å². The molecule has 0 aliphatic heterocycles. The summed E-state index contributed by atoms with van der Waals surface area (Å²) >= 11 is 1.51. The van der Waals surface area contributed by atoms with Gasteiger partial charge in [-0.1, -0.05) is 18.2 Å². The van der Waals surface area contributed by atoms with Crippen LogP contribution >= 0.6 is 11.3 Å². The maximum absolute atomic E-state index is 12.5. The highest BCUT2D eigenvalue weighted by molar-refractivity contribution is 7.07. The van der Waals surface area contributed by atoms with Crippen LogP contribution in [-0.2, 0) is 0 Å². The Labute approximate surface area is 137 Å². The van der Waals surface area contributed by atoms with Gasteiger partial charge in [-0.15, -0.1) is 0 Å². The lowest BCUT2D eigenvalue weighted by molar-refractivity contribution is 0.0917. The Morgan fingerprint density at radius 2 is 2.00 bits per heavy atom.